The van der Waals surface area contributed by atoms with E-state index in [4.69, 9.17) is 0 Å². The largest absolute Gasteiger partial charge is 0.304 e. The van der Waals surface area contributed by atoms with E-state index in [1.807, 2.05) is 0 Å². The molecule has 2 aliphatic rings. The Hall–Kier alpha value is -0.0400. The van der Waals surface area contributed by atoms with Crippen LogP contribution in [-0.4, -0.2) is 24.5 Å². The normalized spacial score (nSPS) is 31.4. The Morgan fingerprint density at radius 1 is 0.850 bits per heavy atom. The SMILES string of the molecule is CCC(C)CC1CCC(CC2CCN(CC)CC2)CC1. The summed E-state index contributed by atoms with van der Waals surface area (Å²) in [6, 6.07) is 0. The molecule has 1 atom stereocenters. The molecule has 0 spiro atoms. The van der Waals surface area contributed by atoms with Crippen molar-refractivity contribution in [2.45, 2.75) is 78.6 Å². The summed E-state index contributed by atoms with van der Waals surface area (Å²) in [5.41, 5.74) is 0. The van der Waals surface area contributed by atoms with Crippen molar-refractivity contribution in [3.8, 4) is 0 Å². The van der Waals surface area contributed by atoms with Gasteiger partial charge in [0.25, 0.3) is 0 Å². The molecular formula is C19H37N. The zero-order chi connectivity index (χ0) is 14.4. The predicted octanol–water partition coefficient (Wildman–Crippen LogP) is 5.35. The van der Waals surface area contributed by atoms with Crippen molar-refractivity contribution in [2.24, 2.45) is 23.7 Å². The lowest BCUT2D eigenvalue weighted by atomic mass is 9.74. The summed E-state index contributed by atoms with van der Waals surface area (Å²) in [4.78, 5) is 2.62. The molecule has 0 N–H and O–H groups in total. The summed E-state index contributed by atoms with van der Waals surface area (Å²) in [5.74, 6) is 4.13. The zero-order valence-corrected chi connectivity index (χ0v) is 14.2. The van der Waals surface area contributed by atoms with Crippen LogP contribution in [0.2, 0.25) is 0 Å². The van der Waals surface area contributed by atoms with Gasteiger partial charge >= 0.3 is 0 Å². The summed E-state index contributed by atoms with van der Waals surface area (Å²) < 4.78 is 0. The molecule has 2 rings (SSSR count). The van der Waals surface area contributed by atoms with E-state index >= 15 is 0 Å². The highest BCUT2D eigenvalue weighted by Gasteiger charge is 2.26. The van der Waals surface area contributed by atoms with Gasteiger partial charge in [-0.15, -0.1) is 0 Å². The first kappa shape index (κ1) is 16.3. The topological polar surface area (TPSA) is 3.24 Å². The molecule has 2 fully saturated rings. The first-order valence-corrected chi connectivity index (χ1v) is 9.43. The molecule has 0 bridgehead atoms. The molecule has 118 valence electrons. The lowest BCUT2D eigenvalue weighted by molar-refractivity contribution is 0.151. The molecule has 20 heavy (non-hydrogen) atoms. The fraction of sp³-hybridized carbons (Fsp3) is 1.00. The van der Waals surface area contributed by atoms with Gasteiger partial charge in [-0.05, 0) is 69.0 Å². The Balaban J connectivity index is 1.62. The third kappa shape index (κ3) is 5.06. The van der Waals surface area contributed by atoms with Gasteiger partial charge in [-0.2, -0.15) is 0 Å². The van der Waals surface area contributed by atoms with Crippen LogP contribution in [0.3, 0.4) is 0 Å². The molecule has 0 aromatic carbocycles. The lowest BCUT2D eigenvalue weighted by Crippen LogP contribution is -2.34. The summed E-state index contributed by atoms with van der Waals surface area (Å²) in [6.07, 6.45) is 13.5. The van der Waals surface area contributed by atoms with Gasteiger partial charge in [-0.25, -0.2) is 0 Å². The Bertz CT molecular complexity index is 246. The van der Waals surface area contributed by atoms with Crippen LogP contribution in [0.4, 0.5) is 0 Å². The molecule has 1 saturated heterocycles. The maximum Gasteiger partial charge on any atom is -0.00162 e. The van der Waals surface area contributed by atoms with E-state index in [1.165, 1.54) is 71.0 Å². The van der Waals surface area contributed by atoms with Crippen molar-refractivity contribution in [1.29, 1.82) is 0 Å². The quantitative estimate of drug-likeness (QED) is 0.633. The molecule has 1 heteroatoms. The van der Waals surface area contributed by atoms with Gasteiger partial charge in [0.1, 0.15) is 0 Å². The molecule has 1 aliphatic carbocycles. The minimum Gasteiger partial charge on any atom is -0.304 e. The summed E-state index contributed by atoms with van der Waals surface area (Å²) in [5, 5.41) is 0. The molecule has 1 saturated carbocycles. The van der Waals surface area contributed by atoms with Crippen LogP contribution in [0.25, 0.3) is 0 Å². The van der Waals surface area contributed by atoms with Crippen molar-refractivity contribution < 1.29 is 0 Å². The summed E-state index contributed by atoms with van der Waals surface area (Å²) in [7, 11) is 0. The predicted molar refractivity (Wildman–Crippen MR) is 89.0 cm³/mol. The lowest BCUT2D eigenvalue weighted by Gasteiger charge is -2.35. The van der Waals surface area contributed by atoms with Gasteiger partial charge in [0.15, 0.2) is 0 Å². The van der Waals surface area contributed by atoms with E-state index in [2.05, 4.69) is 25.7 Å². The second kappa shape index (κ2) is 8.41. The second-order valence-electron chi connectivity index (χ2n) is 7.75. The van der Waals surface area contributed by atoms with Gasteiger partial charge in [0.05, 0.1) is 0 Å². The Morgan fingerprint density at radius 3 is 1.95 bits per heavy atom. The number of hydrogen-bond donors (Lipinski definition) is 0. The molecule has 0 radical (unpaired) electrons. The highest BCUT2D eigenvalue weighted by atomic mass is 15.1. The number of rotatable bonds is 6. The van der Waals surface area contributed by atoms with E-state index < -0.39 is 0 Å². The van der Waals surface area contributed by atoms with Crippen LogP contribution < -0.4 is 0 Å². The van der Waals surface area contributed by atoms with Gasteiger partial charge in [0.2, 0.25) is 0 Å². The fourth-order valence-corrected chi connectivity index (χ4v) is 4.45. The van der Waals surface area contributed by atoms with Gasteiger partial charge < -0.3 is 4.90 Å². The Kier molecular flexibility index (Phi) is 6.87. The molecule has 1 unspecified atom stereocenters. The molecule has 1 nitrogen and oxygen atoms in total. The molecule has 1 aliphatic heterocycles. The number of piperidine rings is 1. The van der Waals surface area contributed by atoms with Crippen LogP contribution in [0.5, 0.6) is 0 Å². The van der Waals surface area contributed by atoms with Gasteiger partial charge in [0, 0.05) is 0 Å². The van der Waals surface area contributed by atoms with Crippen molar-refractivity contribution >= 4 is 0 Å². The minimum atomic E-state index is 0.954. The second-order valence-corrected chi connectivity index (χ2v) is 7.75. The highest BCUT2D eigenvalue weighted by Crippen LogP contribution is 2.37. The fourth-order valence-electron chi connectivity index (χ4n) is 4.45. The maximum absolute atomic E-state index is 2.62. The first-order chi connectivity index (χ1) is 9.71. The average Bonchev–Trinajstić information content (AvgIpc) is 2.50. The van der Waals surface area contributed by atoms with E-state index in [1.54, 1.807) is 6.42 Å². The molecule has 0 aromatic rings. The van der Waals surface area contributed by atoms with Crippen LogP contribution >= 0.6 is 0 Å². The molecule has 0 amide bonds. The van der Waals surface area contributed by atoms with Crippen LogP contribution in [0.1, 0.15) is 78.6 Å². The van der Waals surface area contributed by atoms with Crippen molar-refractivity contribution in [3.05, 3.63) is 0 Å². The molecular weight excluding hydrogens is 242 g/mol. The van der Waals surface area contributed by atoms with Crippen LogP contribution in [0, 0.1) is 23.7 Å². The molecule has 1 heterocycles. The average molecular weight is 280 g/mol. The van der Waals surface area contributed by atoms with Crippen molar-refractivity contribution in [2.75, 3.05) is 19.6 Å². The van der Waals surface area contributed by atoms with Crippen molar-refractivity contribution in [3.63, 3.8) is 0 Å². The number of likely N-dealkylation sites (tertiary alicyclic amines) is 1. The van der Waals surface area contributed by atoms with E-state index in [0.29, 0.717) is 0 Å². The maximum atomic E-state index is 2.62. The molecule has 0 aromatic heterocycles. The first-order valence-electron chi connectivity index (χ1n) is 9.43. The monoisotopic (exact) mass is 279 g/mol. The number of nitrogens with zero attached hydrogens (tertiary/aromatic N) is 1. The third-order valence-electron chi connectivity index (χ3n) is 6.22. The van der Waals surface area contributed by atoms with Crippen molar-refractivity contribution in [1.82, 2.24) is 4.90 Å². The van der Waals surface area contributed by atoms with Gasteiger partial charge in [-0.1, -0.05) is 52.9 Å². The van der Waals surface area contributed by atoms with Crippen LogP contribution in [0.15, 0.2) is 0 Å². The Labute approximate surface area is 127 Å². The summed E-state index contributed by atoms with van der Waals surface area (Å²) >= 11 is 0. The smallest absolute Gasteiger partial charge is 0.00162 e. The van der Waals surface area contributed by atoms with E-state index in [9.17, 15) is 0 Å². The highest BCUT2D eigenvalue weighted by molar-refractivity contribution is 4.79. The van der Waals surface area contributed by atoms with E-state index in [-0.39, 0.29) is 0 Å². The Morgan fingerprint density at radius 2 is 1.40 bits per heavy atom. The number of hydrogen-bond acceptors (Lipinski definition) is 1. The van der Waals surface area contributed by atoms with Crippen LogP contribution in [-0.2, 0) is 0 Å². The third-order valence-corrected chi connectivity index (χ3v) is 6.22. The minimum absolute atomic E-state index is 0.954. The summed E-state index contributed by atoms with van der Waals surface area (Å²) in [6.45, 7) is 11.1. The zero-order valence-electron chi connectivity index (χ0n) is 14.2. The standard InChI is InChI=1S/C19H37N/c1-4-16(3)14-17-6-8-18(9-7-17)15-19-10-12-20(5-2)13-11-19/h16-19H,4-15H2,1-3H3. The van der Waals surface area contributed by atoms with Gasteiger partial charge in [-0.3, -0.25) is 0 Å². The van der Waals surface area contributed by atoms with E-state index in [0.717, 1.165) is 23.7 Å².